The lowest BCUT2D eigenvalue weighted by Crippen LogP contribution is -2.34. The van der Waals surface area contributed by atoms with Gasteiger partial charge in [0.25, 0.3) is 0 Å². The molecule has 0 saturated carbocycles. The topological polar surface area (TPSA) is 104 Å². The summed E-state index contributed by atoms with van der Waals surface area (Å²) < 4.78 is 15.6. The van der Waals surface area contributed by atoms with E-state index in [1.54, 1.807) is 18.6 Å². The van der Waals surface area contributed by atoms with Gasteiger partial charge in [-0.1, -0.05) is 32.0 Å². The van der Waals surface area contributed by atoms with E-state index in [0.29, 0.717) is 25.5 Å². The molecular formula is C33H37FN7O+. The summed E-state index contributed by atoms with van der Waals surface area (Å²) in [5, 5.41) is 24.2. The van der Waals surface area contributed by atoms with Gasteiger partial charge in [0, 0.05) is 48.8 Å². The van der Waals surface area contributed by atoms with E-state index in [1.165, 1.54) is 12.1 Å². The maximum absolute atomic E-state index is 13.6. The molecule has 0 amide bonds. The Morgan fingerprint density at radius 1 is 1.02 bits per heavy atom. The monoisotopic (exact) mass is 566 g/mol. The Bertz CT molecular complexity index is 1660. The number of rotatable bonds is 13. The number of nitrogens with two attached hydrogens (primary N) is 1. The molecule has 0 fully saturated rings. The fourth-order valence-electron chi connectivity index (χ4n) is 5.06. The van der Waals surface area contributed by atoms with Crippen LogP contribution < -0.4 is 16.0 Å². The lowest BCUT2D eigenvalue weighted by molar-refractivity contribution is -0.104. The summed E-state index contributed by atoms with van der Waals surface area (Å²) in [6.07, 6.45) is 6.70. The quantitative estimate of drug-likeness (QED) is 0.157. The zero-order valence-electron chi connectivity index (χ0n) is 24.0. The van der Waals surface area contributed by atoms with Crippen molar-refractivity contribution < 1.29 is 14.9 Å². The molecule has 5 rings (SSSR count). The average Bonchev–Trinajstić information content (AvgIpc) is 3.47. The molecule has 0 spiro atoms. The number of aliphatic hydroxyl groups excluding tert-OH is 1. The molecule has 0 aliphatic carbocycles. The van der Waals surface area contributed by atoms with Crippen molar-refractivity contribution in [3.8, 4) is 11.1 Å². The minimum absolute atomic E-state index is 0.262. The molecule has 5 N–H and O–H groups in total. The number of hydrogen-bond acceptors (Lipinski definition) is 6. The summed E-state index contributed by atoms with van der Waals surface area (Å²) in [7, 11) is 0. The first-order valence-corrected chi connectivity index (χ1v) is 14.2. The van der Waals surface area contributed by atoms with Crippen LogP contribution in [0.1, 0.15) is 25.0 Å². The highest BCUT2D eigenvalue weighted by atomic mass is 19.1. The van der Waals surface area contributed by atoms with Gasteiger partial charge in [-0.25, -0.2) is 14.4 Å². The van der Waals surface area contributed by atoms with Gasteiger partial charge in [-0.05, 0) is 78.3 Å². The smallest absolute Gasteiger partial charge is 0.169 e. The number of nitrogens with zero attached hydrogens (tertiary/aromatic N) is 4. The first kappa shape index (κ1) is 28.9. The Kier molecular flexibility index (Phi) is 9.21. The average molecular weight is 567 g/mol. The second-order valence-corrected chi connectivity index (χ2v) is 10.3. The second-order valence-electron chi connectivity index (χ2n) is 10.3. The lowest BCUT2D eigenvalue weighted by atomic mass is 10.1. The van der Waals surface area contributed by atoms with Crippen LogP contribution >= 0.6 is 0 Å². The Balaban J connectivity index is 1.33. The van der Waals surface area contributed by atoms with Crippen molar-refractivity contribution in [3.63, 3.8) is 0 Å². The van der Waals surface area contributed by atoms with E-state index in [-0.39, 0.29) is 5.82 Å². The van der Waals surface area contributed by atoms with E-state index in [2.05, 4.69) is 57.7 Å². The molecule has 0 saturated heterocycles. The number of fused-ring (bicyclic) bond motifs is 1. The molecule has 0 radical (unpaired) electrons. The summed E-state index contributed by atoms with van der Waals surface area (Å²) >= 11 is 0. The van der Waals surface area contributed by atoms with Crippen LogP contribution in [0.4, 0.5) is 21.6 Å². The maximum Gasteiger partial charge on any atom is 0.169 e. The van der Waals surface area contributed by atoms with Crippen molar-refractivity contribution >= 4 is 34.3 Å². The van der Waals surface area contributed by atoms with Crippen molar-refractivity contribution in [2.45, 2.75) is 33.0 Å². The molecule has 1 unspecified atom stereocenters. The highest BCUT2D eigenvalue weighted by molar-refractivity contribution is 5.94. The molecule has 9 heteroatoms. The number of halogens is 1. The summed E-state index contributed by atoms with van der Waals surface area (Å²) in [4.78, 5) is 11.2. The highest BCUT2D eigenvalue weighted by Gasteiger charge is 2.12. The van der Waals surface area contributed by atoms with Crippen molar-refractivity contribution in [1.29, 1.82) is 0 Å². The third kappa shape index (κ3) is 6.99. The normalized spacial score (nSPS) is 12.0. The molecule has 5 aromatic rings. The molecule has 0 aliphatic rings. The van der Waals surface area contributed by atoms with E-state index in [9.17, 15) is 9.50 Å². The zero-order chi connectivity index (χ0) is 29.5. The molecular weight excluding hydrogens is 529 g/mol. The van der Waals surface area contributed by atoms with Gasteiger partial charge in [0.1, 0.15) is 18.0 Å². The molecule has 42 heavy (non-hydrogen) atoms. The van der Waals surface area contributed by atoms with Crippen LogP contribution in [0.2, 0.25) is 0 Å². The van der Waals surface area contributed by atoms with Crippen molar-refractivity contribution in [3.05, 3.63) is 102 Å². The molecule has 8 nitrogen and oxygen atoms in total. The second kappa shape index (κ2) is 13.4. The fraction of sp³-hybridized carbons (Fsp3) is 0.242. The summed E-state index contributed by atoms with van der Waals surface area (Å²) in [5.74, 6) is 0.418. The van der Waals surface area contributed by atoms with E-state index in [1.807, 2.05) is 47.2 Å². The standard InChI is InChI=1S/C33H36FN7O/c1-3-40(4-2)20-29(42)21-41-13-12-25(19-41)24-8-10-32-30(16-24)33(38-22-37-32)39-28-9-11-31(26(15-28)17-35)36-18-23-6-5-7-27(34)14-23/h5-17,19,22,29,35-36,42H,3-4,18,20-21H2,1-2H3,(H,37,38,39)/p+1. The van der Waals surface area contributed by atoms with Gasteiger partial charge in [0.05, 0.1) is 17.2 Å². The van der Waals surface area contributed by atoms with Gasteiger partial charge in [-0.15, -0.1) is 0 Å². The van der Waals surface area contributed by atoms with Crippen LogP contribution in [0.5, 0.6) is 0 Å². The van der Waals surface area contributed by atoms with Crippen LogP contribution in [0, 0.1) is 5.82 Å². The van der Waals surface area contributed by atoms with Crippen LogP contribution in [-0.4, -0.2) is 56.5 Å². The first-order chi connectivity index (χ1) is 20.4. The number of hydrogen-bond donors (Lipinski definition) is 4. The van der Waals surface area contributed by atoms with Gasteiger partial charge in [-0.3, -0.25) is 5.41 Å². The maximum atomic E-state index is 13.6. The van der Waals surface area contributed by atoms with Gasteiger partial charge in [-0.2, -0.15) is 0 Å². The molecule has 0 aliphatic heterocycles. The molecule has 216 valence electrons. The summed E-state index contributed by atoms with van der Waals surface area (Å²) in [6.45, 7) is 7.71. The molecule has 0 bridgehead atoms. The molecule has 2 aromatic heterocycles. The highest BCUT2D eigenvalue weighted by Crippen LogP contribution is 2.30. The third-order valence-corrected chi connectivity index (χ3v) is 7.37. The number of aromatic nitrogens is 3. The van der Waals surface area contributed by atoms with Gasteiger partial charge in [0.2, 0.25) is 0 Å². The lowest BCUT2D eigenvalue weighted by Gasteiger charge is -2.22. The van der Waals surface area contributed by atoms with Crippen molar-refractivity contribution in [2.75, 3.05) is 30.3 Å². The first-order valence-electron chi connectivity index (χ1n) is 14.2. The Hall–Kier alpha value is -4.60. The Morgan fingerprint density at radius 2 is 1.88 bits per heavy atom. The van der Waals surface area contributed by atoms with E-state index >= 15 is 0 Å². The predicted octanol–water partition coefficient (Wildman–Crippen LogP) is 4.47. The van der Waals surface area contributed by atoms with Gasteiger partial charge < -0.3 is 25.2 Å². The minimum Gasteiger partial charge on any atom is -0.390 e. The Morgan fingerprint density at radius 3 is 2.67 bits per heavy atom. The summed E-state index contributed by atoms with van der Waals surface area (Å²) in [5.41, 5.74) is 6.22. The number of anilines is 3. The molecule has 2 heterocycles. The predicted molar refractivity (Wildman–Crippen MR) is 167 cm³/mol. The van der Waals surface area contributed by atoms with Crippen LogP contribution in [0.3, 0.4) is 0 Å². The largest absolute Gasteiger partial charge is 0.390 e. The SMILES string of the molecule is CCN(CC)CC(O)Cn1ccc(-c2ccc3ncnc(Nc4ccc(NCc5cccc(F)c5)c(C=[NH2+])c4)c3c2)c1. The van der Waals surface area contributed by atoms with Crippen LogP contribution in [0.15, 0.2) is 85.5 Å². The number of nitrogens with one attached hydrogen (secondary N) is 2. The number of likely N-dealkylation sites (N-methyl/N-ethyl adjacent to an activating group) is 1. The van der Waals surface area contributed by atoms with Crippen molar-refractivity contribution in [1.82, 2.24) is 19.4 Å². The van der Waals surface area contributed by atoms with E-state index in [0.717, 1.165) is 57.6 Å². The fourth-order valence-corrected chi connectivity index (χ4v) is 5.06. The summed E-state index contributed by atoms with van der Waals surface area (Å²) in [6, 6.07) is 20.5. The molecule has 1 atom stereocenters. The van der Waals surface area contributed by atoms with Gasteiger partial charge in [0.15, 0.2) is 6.21 Å². The Labute approximate surface area is 245 Å². The zero-order valence-corrected chi connectivity index (χ0v) is 24.0. The third-order valence-electron chi connectivity index (χ3n) is 7.37. The molecule has 3 aromatic carbocycles. The van der Waals surface area contributed by atoms with Crippen LogP contribution in [-0.2, 0) is 13.1 Å². The van der Waals surface area contributed by atoms with Crippen LogP contribution in [0.25, 0.3) is 22.0 Å². The number of benzene rings is 3. The number of aliphatic hydroxyl groups is 1. The van der Waals surface area contributed by atoms with Gasteiger partial charge >= 0.3 is 0 Å². The minimum atomic E-state index is -0.440. The van der Waals surface area contributed by atoms with E-state index in [4.69, 9.17) is 5.41 Å². The van der Waals surface area contributed by atoms with Crippen molar-refractivity contribution in [2.24, 2.45) is 0 Å². The van der Waals surface area contributed by atoms with E-state index < -0.39 is 6.10 Å².